The molecular weight excluding hydrogens is 274 g/mol. The van der Waals surface area contributed by atoms with Crippen LogP contribution < -0.4 is 5.32 Å². The van der Waals surface area contributed by atoms with Crippen LogP contribution in [0.1, 0.15) is 35.6 Å². The van der Waals surface area contributed by atoms with E-state index in [4.69, 9.17) is 0 Å². The molecule has 2 aromatic rings. The maximum atomic E-state index is 11.0. The molecule has 0 saturated heterocycles. The molecule has 116 valence electrons. The first-order chi connectivity index (χ1) is 10.7. The van der Waals surface area contributed by atoms with Crippen molar-refractivity contribution in [1.29, 1.82) is 0 Å². The number of nitrogens with one attached hydrogen (secondary N) is 1. The molecule has 0 saturated carbocycles. The van der Waals surface area contributed by atoms with Crippen LogP contribution in [-0.2, 0) is 12.0 Å². The van der Waals surface area contributed by atoms with Gasteiger partial charge in [-0.3, -0.25) is 0 Å². The third kappa shape index (κ3) is 3.22. The summed E-state index contributed by atoms with van der Waals surface area (Å²) in [6.07, 6.45) is 2.24. The number of fused-ring (bicyclic) bond motifs is 1. The second-order valence-corrected chi connectivity index (χ2v) is 6.10. The lowest BCUT2D eigenvalue weighted by Crippen LogP contribution is -2.42. The van der Waals surface area contributed by atoms with Crippen LogP contribution in [0.4, 0.5) is 0 Å². The first-order valence-electron chi connectivity index (χ1n) is 7.93. The standard InChI is InChI=1S/C19H23NO2/c21-18(16-8-2-1-3-9-16)13-20-14-19(22)12-6-10-15-7-4-5-11-17(15)19/h1-5,7-9,11,18,20-22H,6,10,12-14H2/t18-,19?/m1/s1. The molecule has 3 heteroatoms. The van der Waals surface area contributed by atoms with Gasteiger partial charge in [-0.25, -0.2) is 0 Å². The number of hydrogen-bond donors (Lipinski definition) is 3. The summed E-state index contributed by atoms with van der Waals surface area (Å²) in [4.78, 5) is 0. The molecule has 0 bridgehead atoms. The topological polar surface area (TPSA) is 52.5 Å². The van der Waals surface area contributed by atoms with Gasteiger partial charge < -0.3 is 15.5 Å². The molecular formula is C19H23NO2. The van der Waals surface area contributed by atoms with E-state index in [9.17, 15) is 10.2 Å². The fraction of sp³-hybridized carbons (Fsp3) is 0.368. The SMILES string of the molecule is O[C@H](CNCC1(O)CCCc2ccccc21)c1ccccc1. The van der Waals surface area contributed by atoms with E-state index in [1.807, 2.05) is 48.5 Å². The molecule has 3 nitrogen and oxygen atoms in total. The fourth-order valence-corrected chi connectivity index (χ4v) is 3.29. The molecule has 3 rings (SSSR count). The monoisotopic (exact) mass is 297 g/mol. The summed E-state index contributed by atoms with van der Waals surface area (Å²) in [5, 5.41) is 24.4. The molecule has 0 amide bonds. The number of benzene rings is 2. The van der Waals surface area contributed by atoms with Gasteiger partial charge in [-0.2, -0.15) is 0 Å². The minimum atomic E-state index is -0.828. The van der Waals surface area contributed by atoms with Crippen LogP contribution in [0.2, 0.25) is 0 Å². The normalized spacial score (nSPS) is 22.1. The van der Waals surface area contributed by atoms with Crippen LogP contribution in [0.15, 0.2) is 54.6 Å². The minimum Gasteiger partial charge on any atom is -0.387 e. The zero-order chi connectivity index (χ0) is 15.4. The van der Waals surface area contributed by atoms with E-state index in [1.165, 1.54) is 5.56 Å². The van der Waals surface area contributed by atoms with Crippen LogP contribution in [0, 0.1) is 0 Å². The summed E-state index contributed by atoms with van der Waals surface area (Å²) in [5.74, 6) is 0. The van der Waals surface area contributed by atoms with Crippen molar-refractivity contribution in [3.8, 4) is 0 Å². The Hall–Kier alpha value is -1.68. The van der Waals surface area contributed by atoms with Crippen molar-refractivity contribution in [2.75, 3.05) is 13.1 Å². The van der Waals surface area contributed by atoms with Crippen molar-refractivity contribution in [1.82, 2.24) is 5.32 Å². The van der Waals surface area contributed by atoms with Gasteiger partial charge in [0, 0.05) is 13.1 Å². The van der Waals surface area contributed by atoms with Gasteiger partial charge in [0.2, 0.25) is 0 Å². The van der Waals surface area contributed by atoms with Gasteiger partial charge in [0.1, 0.15) is 5.60 Å². The summed E-state index contributed by atoms with van der Waals surface area (Å²) in [7, 11) is 0. The van der Waals surface area contributed by atoms with Crippen molar-refractivity contribution in [2.45, 2.75) is 31.0 Å². The molecule has 22 heavy (non-hydrogen) atoms. The summed E-state index contributed by atoms with van der Waals surface area (Å²) in [6, 6.07) is 17.7. The molecule has 0 heterocycles. The Morgan fingerprint density at radius 1 is 1.05 bits per heavy atom. The second-order valence-electron chi connectivity index (χ2n) is 6.10. The highest BCUT2D eigenvalue weighted by Gasteiger charge is 2.33. The Bertz CT molecular complexity index is 614. The number of hydrogen-bond acceptors (Lipinski definition) is 3. The third-order valence-electron chi connectivity index (χ3n) is 4.49. The summed E-state index contributed by atoms with van der Waals surface area (Å²) in [5.41, 5.74) is 2.33. The molecule has 0 radical (unpaired) electrons. The predicted octanol–water partition coefficient (Wildman–Crippen LogP) is 2.53. The average Bonchev–Trinajstić information content (AvgIpc) is 2.56. The van der Waals surface area contributed by atoms with Crippen molar-refractivity contribution in [3.05, 3.63) is 71.3 Å². The van der Waals surface area contributed by atoms with Gasteiger partial charge in [0.15, 0.2) is 0 Å². The number of rotatable bonds is 5. The van der Waals surface area contributed by atoms with Crippen LogP contribution in [0.25, 0.3) is 0 Å². The number of aliphatic hydroxyl groups is 2. The summed E-state index contributed by atoms with van der Waals surface area (Å²) >= 11 is 0. The molecule has 0 aliphatic heterocycles. The highest BCUT2D eigenvalue weighted by Crippen LogP contribution is 2.34. The number of aliphatic hydroxyl groups excluding tert-OH is 1. The first-order valence-corrected chi connectivity index (χ1v) is 7.93. The lowest BCUT2D eigenvalue weighted by atomic mass is 9.79. The second kappa shape index (κ2) is 6.61. The van der Waals surface area contributed by atoms with Crippen molar-refractivity contribution < 1.29 is 10.2 Å². The van der Waals surface area contributed by atoms with Crippen molar-refractivity contribution >= 4 is 0 Å². The maximum Gasteiger partial charge on any atom is 0.102 e. The minimum absolute atomic E-state index is 0.439. The molecule has 2 aromatic carbocycles. The Morgan fingerprint density at radius 3 is 2.59 bits per heavy atom. The van der Waals surface area contributed by atoms with Crippen LogP contribution in [0.5, 0.6) is 0 Å². The molecule has 1 aliphatic carbocycles. The maximum absolute atomic E-state index is 11.0. The smallest absolute Gasteiger partial charge is 0.102 e. The Balaban J connectivity index is 1.62. The van der Waals surface area contributed by atoms with E-state index in [0.717, 1.165) is 30.4 Å². The zero-order valence-corrected chi connectivity index (χ0v) is 12.7. The van der Waals surface area contributed by atoms with Crippen molar-refractivity contribution in [2.24, 2.45) is 0 Å². The van der Waals surface area contributed by atoms with Gasteiger partial charge in [0.25, 0.3) is 0 Å². The molecule has 0 spiro atoms. The van der Waals surface area contributed by atoms with Crippen molar-refractivity contribution in [3.63, 3.8) is 0 Å². The summed E-state index contributed by atoms with van der Waals surface area (Å²) < 4.78 is 0. The van der Waals surface area contributed by atoms with Crippen LogP contribution in [-0.4, -0.2) is 23.3 Å². The Morgan fingerprint density at radius 2 is 1.77 bits per heavy atom. The predicted molar refractivity (Wildman–Crippen MR) is 87.5 cm³/mol. The van der Waals surface area contributed by atoms with E-state index < -0.39 is 11.7 Å². The molecule has 3 N–H and O–H groups in total. The highest BCUT2D eigenvalue weighted by atomic mass is 16.3. The molecule has 1 aliphatic rings. The van der Waals surface area contributed by atoms with Gasteiger partial charge in [-0.05, 0) is 36.0 Å². The van der Waals surface area contributed by atoms with Gasteiger partial charge in [-0.1, -0.05) is 54.6 Å². The van der Waals surface area contributed by atoms with Gasteiger partial charge in [0.05, 0.1) is 6.10 Å². The molecule has 2 atom stereocenters. The van der Waals surface area contributed by atoms with E-state index in [-0.39, 0.29) is 0 Å². The van der Waals surface area contributed by atoms with E-state index >= 15 is 0 Å². The zero-order valence-electron chi connectivity index (χ0n) is 12.7. The third-order valence-corrected chi connectivity index (χ3v) is 4.49. The lowest BCUT2D eigenvalue weighted by molar-refractivity contribution is 0.0164. The largest absolute Gasteiger partial charge is 0.387 e. The molecule has 1 unspecified atom stereocenters. The van der Waals surface area contributed by atoms with E-state index in [1.54, 1.807) is 0 Å². The van der Waals surface area contributed by atoms with E-state index in [2.05, 4.69) is 11.4 Å². The fourth-order valence-electron chi connectivity index (χ4n) is 3.29. The number of aryl methyl sites for hydroxylation is 1. The van der Waals surface area contributed by atoms with Crippen LogP contribution in [0.3, 0.4) is 0 Å². The van der Waals surface area contributed by atoms with Gasteiger partial charge in [-0.15, -0.1) is 0 Å². The Labute approximate surface area is 131 Å². The highest BCUT2D eigenvalue weighted by molar-refractivity contribution is 5.35. The lowest BCUT2D eigenvalue weighted by Gasteiger charge is -2.35. The summed E-state index contributed by atoms with van der Waals surface area (Å²) in [6.45, 7) is 0.905. The molecule has 0 fully saturated rings. The van der Waals surface area contributed by atoms with Gasteiger partial charge >= 0.3 is 0 Å². The molecule has 0 aromatic heterocycles. The van der Waals surface area contributed by atoms with Crippen LogP contribution >= 0.6 is 0 Å². The first kappa shape index (κ1) is 15.2. The average molecular weight is 297 g/mol. The van der Waals surface area contributed by atoms with E-state index in [0.29, 0.717) is 13.1 Å². The quantitative estimate of drug-likeness (QED) is 0.795. The Kier molecular flexibility index (Phi) is 4.57.